The topological polar surface area (TPSA) is 101 Å². The number of anilines is 1. The normalized spacial score (nSPS) is 14.9. The van der Waals surface area contributed by atoms with Crippen LogP contribution in [0.4, 0.5) is 5.69 Å². The standard InChI is InChI=1S/C21H18N4O4/c26-19(13-18-21(28)22-15-8-2-4-10-17(15)29-18)23-24-20(27)14-7-1-3-9-16(14)25-11-5-6-12-25/h1-12,18H,13H2,(H,22,28)(H,23,26)(H,24,27)/t18-/m0/s1. The predicted octanol–water partition coefficient (Wildman–Crippen LogP) is 2.03. The monoisotopic (exact) mass is 390 g/mol. The van der Waals surface area contributed by atoms with Crippen molar-refractivity contribution in [2.45, 2.75) is 12.5 Å². The summed E-state index contributed by atoms with van der Waals surface area (Å²) in [5, 5.41) is 2.70. The number of ether oxygens (including phenoxy) is 1. The van der Waals surface area contributed by atoms with Crippen LogP contribution in [0, 0.1) is 0 Å². The first-order valence-electron chi connectivity index (χ1n) is 9.00. The second-order valence-electron chi connectivity index (χ2n) is 6.41. The smallest absolute Gasteiger partial charge is 0.271 e. The van der Waals surface area contributed by atoms with Crippen LogP contribution < -0.4 is 20.9 Å². The third kappa shape index (κ3) is 3.96. The van der Waals surface area contributed by atoms with Crippen molar-refractivity contribution in [2.24, 2.45) is 0 Å². The zero-order chi connectivity index (χ0) is 20.2. The zero-order valence-corrected chi connectivity index (χ0v) is 15.3. The number of carbonyl (C=O) groups is 3. The van der Waals surface area contributed by atoms with Crippen molar-refractivity contribution in [1.82, 2.24) is 15.4 Å². The number of amides is 3. The molecule has 3 aromatic rings. The molecule has 0 saturated heterocycles. The van der Waals surface area contributed by atoms with Gasteiger partial charge in [0.25, 0.3) is 11.8 Å². The number of hydrogen-bond acceptors (Lipinski definition) is 4. The van der Waals surface area contributed by atoms with Crippen molar-refractivity contribution in [3.8, 4) is 11.4 Å². The number of benzene rings is 2. The molecule has 0 fully saturated rings. The van der Waals surface area contributed by atoms with Gasteiger partial charge in [-0.3, -0.25) is 25.2 Å². The number of para-hydroxylation sites is 3. The summed E-state index contributed by atoms with van der Waals surface area (Å²) >= 11 is 0. The lowest BCUT2D eigenvalue weighted by molar-refractivity contribution is -0.130. The second-order valence-corrected chi connectivity index (χ2v) is 6.41. The molecular formula is C21H18N4O4. The van der Waals surface area contributed by atoms with Gasteiger partial charge in [0.1, 0.15) is 5.75 Å². The van der Waals surface area contributed by atoms with Crippen LogP contribution in [0.5, 0.6) is 5.75 Å². The number of fused-ring (bicyclic) bond motifs is 1. The highest BCUT2D eigenvalue weighted by Crippen LogP contribution is 2.29. The highest BCUT2D eigenvalue weighted by atomic mass is 16.5. The minimum Gasteiger partial charge on any atom is -0.478 e. The van der Waals surface area contributed by atoms with Gasteiger partial charge in [0.05, 0.1) is 23.4 Å². The molecule has 4 rings (SSSR count). The van der Waals surface area contributed by atoms with E-state index in [9.17, 15) is 14.4 Å². The van der Waals surface area contributed by atoms with Crippen LogP contribution in [0.2, 0.25) is 0 Å². The minimum absolute atomic E-state index is 0.236. The summed E-state index contributed by atoms with van der Waals surface area (Å²) in [4.78, 5) is 36.9. The van der Waals surface area contributed by atoms with Crippen LogP contribution in [-0.4, -0.2) is 28.4 Å². The third-order valence-corrected chi connectivity index (χ3v) is 4.42. The molecule has 146 valence electrons. The van der Waals surface area contributed by atoms with Gasteiger partial charge in [-0.25, -0.2) is 0 Å². The van der Waals surface area contributed by atoms with Gasteiger partial charge in [-0.05, 0) is 36.4 Å². The highest BCUT2D eigenvalue weighted by Gasteiger charge is 2.29. The first kappa shape index (κ1) is 18.3. The maximum absolute atomic E-state index is 12.5. The van der Waals surface area contributed by atoms with E-state index in [4.69, 9.17) is 4.74 Å². The molecule has 8 heteroatoms. The summed E-state index contributed by atoms with van der Waals surface area (Å²) in [6, 6.07) is 17.7. The molecular weight excluding hydrogens is 372 g/mol. The summed E-state index contributed by atoms with van der Waals surface area (Å²) in [5.41, 5.74) is 6.35. The van der Waals surface area contributed by atoms with Crippen molar-refractivity contribution < 1.29 is 19.1 Å². The van der Waals surface area contributed by atoms with Gasteiger partial charge < -0.3 is 14.6 Å². The quantitative estimate of drug-likeness (QED) is 0.593. The largest absolute Gasteiger partial charge is 0.478 e. The molecule has 3 amide bonds. The Kier molecular flexibility index (Phi) is 4.98. The molecule has 2 aromatic carbocycles. The van der Waals surface area contributed by atoms with E-state index < -0.39 is 23.8 Å². The molecule has 1 atom stereocenters. The van der Waals surface area contributed by atoms with Gasteiger partial charge in [0.2, 0.25) is 5.91 Å². The van der Waals surface area contributed by atoms with Crippen molar-refractivity contribution in [3.63, 3.8) is 0 Å². The summed E-state index contributed by atoms with van der Waals surface area (Å²) in [7, 11) is 0. The van der Waals surface area contributed by atoms with Gasteiger partial charge in [-0.2, -0.15) is 0 Å². The van der Waals surface area contributed by atoms with E-state index in [1.54, 1.807) is 47.0 Å². The van der Waals surface area contributed by atoms with E-state index in [-0.39, 0.29) is 6.42 Å². The Morgan fingerprint density at radius 1 is 0.966 bits per heavy atom. The maximum Gasteiger partial charge on any atom is 0.271 e. The van der Waals surface area contributed by atoms with Gasteiger partial charge in [-0.1, -0.05) is 24.3 Å². The number of hydrazine groups is 1. The van der Waals surface area contributed by atoms with Gasteiger partial charge in [0.15, 0.2) is 6.10 Å². The summed E-state index contributed by atoms with van der Waals surface area (Å²) in [6.07, 6.45) is 2.43. The van der Waals surface area contributed by atoms with E-state index in [0.29, 0.717) is 22.7 Å². The van der Waals surface area contributed by atoms with Gasteiger partial charge in [-0.15, -0.1) is 0 Å². The Balaban J connectivity index is 1.37. The molecule has 0 bridgehead atoms. The third-order valence-electron chi connectivity index (χ3n) is 4.42. The lowest BCUT2D eigenvalue weighted by atomic mass is 10.1. The first-order chi connectivity index (χ1) is 14.1. The number of aromatic nitrogens is 1. The summed E-state index contributed by atoms with van der Waals surface area (Å²) in [5.74, 6) is -0.934. The minimum atomic E-state index is -0.978. The average Bonchev–Trinajstić information content (AvgIpc) is 3.27. The number of nitrogens with zero attached hydrogens (tertiary/aromatic N) is 1. The van der Waals surface area contributed by atoms with Crippen molar-refractivity contribution in [3.05, 3.63) is 78.6 Å². The van der Waals surface area contributed by atoms with Gasteiger partial charge >= 0.3 is 0 Å². The molecule has 3 N–H and O–H groups in total. The van der Waals surface area contributed by atoms with Crippen molar-refractivity contribution >= 4 is 23.4 Å². The van der Waals surface area contributed by atoms with Gasteiger partial charge in [0, 0.05) is 12.4 Å². The fraction of sp³-hybridized carbons (Fsp3) is 0.0952. The lowest BCUT2D eigenvalue weighted by Crippen LogP contribution is -2.46. The average molecular weight is 390 g/mol. The molecule has 0 saturated carbocycles. The first-order valence-corrected chi connectivity index (χ1v) is 9.00. The second kappa shape index (κ2) is 7.89. The Bertz CT molecular complexity index is 1060. The molecule has 1 aliphatic heterocycles. The molecule has 2 heterocycles. The molecule has 0 spiro atoms. The SMILES string of the molecule is O=C(C[C@@H]1Oc2ccccc2NC1=O)NNC(=O)c1ccccc1-n1cccc1. The Labute approximate surface area is 166 Å². The van der Waals surface area contributed by atoms with Crippen LogP contribution in [0.3, 0.4) is 0 Å². The van der Waals surface area contributed by atoms with Crippen LogP contribution in [0.1, 0.15) is 16.8 Å². The summed E-state index contributed by atoms with van der Waals surface area (Å²) in [6.45, 7) is 0. The molecule has 1 aliphatic rings. The van der Waals surface area contributed by atoms with E-state index in [0.717, 1.165) is 0 Å². The molecule has 8 nitrogen and oxygen atoms in total. The molecule has 1 aromatic heterocycles. The highest BCUT2D eigenvalue weighted by molar-refractivity contribution is 6.01. The summed E-state index contributed by atoms with van der Waals surface area (Å²) < 4.78 is 7.39. The van der Waals surface area contributed by atoms with Crippen molar-refractivity contribution in [2.75, 3.05) is 5.32 Å². The fourth-order valence-corrected chi connectivity index (χ4v) is 3.03. The predicted molar refractivity (Wildman–Crippen MR) is 105 cm³/mol. The zero-order valence-electron chi connectivity index (χ0n) is 15.3. The number of nitrogens with one attached hydrogen (secondary N) is 3. The fourth-order valence-electron chi connectivity index (χ4n) is 3.03. The Morgan fingerprint density at radius 2 is 1.69 bits per heavy atom. The lowest BCUT2D eigenvalue weighted by Gasteiger charge is -2.25. The van der Waals surface area contributed by atoms with Crippen LogP contribution in [-0.2, 0) is 9.59 Å². The molecule has 0 unspecified atom stereocenters. The van der Waals surface area contributed by atoms with Crippen LogP contribution in [0.25, 0.3) is 5.69 Å². The number of hydrogen-bond donors (Lipinski definition) is 3. The molecule has 0 radical (unpaired) electrons. The van der Waals surface area contributed by atoms with E-state index in [2.05, 4.69) is 16.2 Å². The van der Waals surface area contributed by atoms with E-state index >= 15 is 0 Å². The maximum atomic E-state index is 12.5. The Hall–Kier alpha value is -4.07. The molecule has 0 aliphatic carbocycles. The van der Waals surface area contributed by atoms with Crippen LogP contribution in [0.15, 0.2) is 73.1 Å². The Morgan fingerprint density at radius 3 is 2.52 bits per heavy atom. The number of carbonyl (C=O) groups excluding carboxylic acids is 3. The van der Waals surface area contributed by atoms with Crippen LogP contribution >= 0.6 is 0 Å². The van der Waals surface area contributed by atoms with E-state index in [1.807, 2.05) is 30.6 Å². The van der Waals surface area contributed by atoms with E-state index in [1.165, 1.54) is 0 Å². The van der Waals surface area contributed by atoms with Crippen molar-refractivity contribution in [1.29, 1.82) is 0 Å². The molecule has 29 heavy (non-hydrogen) atoms. The number of rotatable bonds is 4.